The van der Waals surface area contributed by atoms with Gasteiger partial charge in [0.25, 0.3) is 0 Å². The van der Waals surface area contributed by atoms with Gasteiger partial charge in [-0.05, 0) is 36.8 Å². The average Bonchev–Trinajstić information content (AvgIpc) is 3.06. The molecule has 1 aromatic carbocycles. The summed E-state index contributed by atoms with van der Waals surface area (Å²) in [4.78, 5) is 13.1. The summed E-state index contributed by atoms with van der Waals surface area (Å²) in [5.74, 6) is 0.294. The molecule has 0 radical (unpaired) electrons. The first kappa shape index (κ1) is 15.6. The van der Waals surface area contributed by atoms with Crippen LogP contribution in [0.25, 0.3) is 11.3 Å². The number of aromatic nitrogens is 2. The Kier molecular flexibility index (Phi) is 4.40. The fourth-order valence-corrected chi connectivity index (χ4v) is 3.28. The predicted octanol–water partition coefficient (Wildman–Crippen LogP) is 3.21. The molecule has 0 spiro atoms. The molecule has 23 heavy (non-hydrogen) atoms. The fraction of sp³-hybridized carbons (Fsp3) is 0.250. The van der Waals surface area contributed by atoms with Gasteiger partial charge in [0, 0.05) is 18.1 Å². The van der Waals surface area contributed by atoms with Gasteiger partial charge in [-0.15, -0.1) is 0 Å². The summed E-state index contributed by atoms with van der Waals surface area (Å²) in [5.41, 5.74) is 2.21. The number of ether oxygens (including phenoxy) is 1. The number of thiazole rings is 1. The zero-order valence-corrected chi connectivity index (χ0v) is 13.5. The summed E-state index contributed by atoms with van der Waals surface area (Å²) in [6, 6.07) is 7.86. The number of aryl methyl sites for hydroxylation is 1. The number of methoxy groups -OCH3 is 1. The molecule has 0 aliphatic heterocycles. The van der Waals surface area contributed by atoms with Crippen LogP contribution in [0.4, 0.5) is 4.39 Å². The molecule has 3 aromatic rings. The van der Waals surface area contributed by atoms with Crippen LogP contribution in [0.15, 0.2) is 39.6 Å². The summed E-state index contributed by atoms with van der Waals surface area (Å²) in [6.45, 7) is 2.50. The molecule has 5 nitrogen and oxygen atoms in total. The van der Waals surface area contributed by atoms with Crippen molar-refractivity contribution in [3.8, 4) is 11.3 Å². The minimum absolute atomic E-state index is 0.0851. The minimum Gasteiger partial charge on any atom is -0.377 e. The van der Waals surface area contributed by atoms with Crippen LogP contribution in [0.5, 0.6) is 0 Å². The zero-order chi connectivity index (χ0) is 16.4. The first-order chi connectivity index (χ1) is 11.1. The molecule has 0 aliphatic carbocycles. The van der Waals surface area contributed by atoms with E-state index in [-0.39, 0.29) is 10.7 Å². The summed E-state index contributed by atoms with van der Waals surface area (Å²) in [6.07, 6.45) is 0. The Labute approximate surface area is 135 Å². The van der Waals surface area contributed by atoms with Crippen molar-refractivity contribution in [2.24, 2.45) is 0 Å². The number of hydrogen-bond acceptors (Lipinski definition) is 5. The van der Waals surface area contributed by atoms with Crippen molar-refractivity contribution < 1.29 is 13.7 Å². The Balaban J connectivity index is 1.98. The molecule has 0 N–H and O–H groups in total. The van der Waals surface area contributed by atoms with E-state index in [1.807, 2.05) is 6.92 Å². The van der Waals surface area contributed by atoms with Gasteiger partial charge in [-0.1, -0.05) is 16.5 Å². The molecule has 0 bridgehead atoms. The van der Waals surface area contributed by atoms with Crippen LogP contribution >= 0.6 is 11.3 Å². The van der Waals surface area contributed by atoms with E-state index in [1.54, 1.807) is 29.9 Å². The van der Waals surface area contributed by atoms with E-state index < -0.39 is 0 Å². The highest BCUT2D eigenvalue weighted by Gasteiger charge is 2.16. The van der Waals surface area contributed by atoms with Gasteiger partial charge >= 0.3 is 4.87 Å². The molecule has 0 atom stereocenters. The quantitative estimate of drug-likeness (QED) is 0.719. The molecule has 3 rings (SSSR count). The van der Waals surface area contributed by atoms with Crippen molar-refractivity contribution in [1.82, 2.24) is 9.72 Å². The van der Waals surface area contributed by atoms with E-state index in [0.29, 0.717) is 24.6 Å². The van der Waals surface area contributed by atoms with Crippen LogP contribution < -0.4 is 4.87 Å². The van der Waals surface area contributed by atoms with E-state index in [0.717, 1.165) is 27.5 Å². The molecule has 2 heterocycles. The summed E-state index contributed by atoms with van der Waals surface area (Å²) in [7, 11) is 1.57. The Morgan fingerprint density at radius 3 is 2.78 bits per heavy atom. The lowest BCUT2D eigenvalue weighted by atomic mass is 10.1. The zero-order valence-electron chi connectivity index (χ0n) is 12.7. The van der Waals surface area contributed by atoms with Crippen molar-refractivity contribution in [2.45, 2.75) is 20.1 Å². The monoisotopic (exact) mass is 334 g/mol. The highest BCUT2D eigenvalue weighted by molar-refractivity contribution is 7.09. The van der Waals surface area contributed by atoms with Gasteiger partial charge in [-0.3, -0.25) is 9.36 Å². The molecule has 0 fully saturated rings. The molecule has 0 unspecified atom stereocenters. The number of hydrogen-bond donors (Lipinski definition) is 0. The smallest absolute Gasteiger partial charge is 0.308 e. The third-order valence-corrected chi connectivity index (χ3v) is 4.29. The lowest BCUT2D eigenvalue weighted by Gasteiger charge is -2.07. The van der Waals surface area contributed by atoms with Crippen LogP contribution in [0.2, 0.25) is 0 Å². The van der Waals surface area contributed by atoms with Crippen molar-refractivity contribution in [2.75, 3.05) is 7.11 Å². The second-order valence-electron chi connectivity index (χ2n) is 5.08. The third-order valence-electron chi connectivity index (χ3n) is 3.40. The van der Waals surface area contributed by atoms with Gasteiger partial charge in [-0.25, -0.2) is 4.39 Å². The van der Waals surface area contributed by atoms with E-state index in [2.05, 4.69) is 5.16 Å². The van der Waals surface area contributed by atoms with Gasteiger partial charge < -0.3 is 9.26 Å². The number of halogens is 1. The van der Waals surface area contributed by atoms with E-state index >= 15 is 0 Å². The SMILES string of the molecule is COCc1cc(Cn2c(-c3ccc(F)cc3)c(C)sc2=O)no1. The molecule has 2 aromatic heterocycles. The van der Waals surface area contributed by atoms with Crippen LogP contribution in [0.3, 0.4) is 0 Å². The first-order valence-electron chi connectivity index (χ1n) is 6.98. The Morgan fingerprint density at radius 2 is 2.09 bits per heavy atom. The average molecular weight is 334 g/mol. The van der Waals surface area contributed by atoms with E-state index in [1.165, 1.54) is 12.1 Å². The molecule has 7 heteroatoms. The summed E-state index contributed by atoms with van der Waals surface area (Å²) >= 11 is 1.16. The van der Waals surface area contributed by atoms with Gasteiger partial charge in [0.15, 0.2) is 5.76 Å². The molecule has 0 amide bonds. The lowest BCUT2D eigenvalue weighted by molar-refractivity contribution is 0.155. The maximum atomic E-state index is 13.1. The topological polar surface area (TPSA) is 57.3 Å². The van der Waals surface area contributed by atoms with Crippen LogP contribution in [0.1, 0.15) is 16.3 Å². The Bertz CT molecular complexity index is 864. The Morgan fingerprint density at radius 1 is 1.35 bits per heavy atom. The summed E-state index contributed by atoms with van der Waals surface area (Å²) < 4.78 is 24.9. The maximum absolute atomic E-state index is 13.1. The maximum Gasteiger partial charge on any atom is 0.308 e. The normalized spacial score (nSPS) is 11.1. The molecule has 0 aliphatic rings. The number of rotatable bonds is 5. The highest BCUT2D eigenvalue weighted by atomic mass is 32.1. The molecule has 120 valence electrons. The van der Waals surface area contributed by atoms with Crippen LogP contribution in [-0.2, 0) is 17.9 Å². The molecule has 0 saturated heterocycles. The minimum atomic E-state index is -0.309. The van der Waals surface area contributed by atoms with Crippen molar-refractivity contribution in [3.63, 3.8) is 0 Å². The van der Waals surface area contributed by atoms with Gasteiger partial charge in [0.1, 0.15) is 18.1 Å². The van der Waals surface area contributed by atoms with Crippen LogP contribution in [-0.4, -0.2) is 16.8 Å². The first-order valence-corrected chi connectivity index (χ1v) is 7.79. The molecular weight excluding hydrogens is 319 g/mol. The largest absolute Gasteiger partial charge is 0.377 e. The predicted molar refractivity (Wildman–Crippen MR) is 85.0 cm³/mol. The number of benzene rings is 1. The van der Waals surface area contributed by atoms with Gasteiger partial charge in [0.2, 0.25) is 0 Å². The van der Waals surface area contributed by atoms with Crippen molar-refractivity contribution in [1.29, 1.82) is 0 Å². The van der Waals surface area contributed by atoms with Gasteiger partial charge in [-0.2, -0.15) is 0 Å². The van der Waals surface area contributed by atoms with E-state index in [9.17, 15) is 9.18 Å². The molecular formula is C16H15FN2O3S. The molecule has 0 saturated carbocycles. The summed E-state index contributed by atoms with van der Waals surface area (Å²) in [5, 5.41) is 3.96. The van der Waals surface area contributed by atoms with Crippen LogP contribution in [0, 0.1) is 12.7 Å². The van der Waals surface area contributed by atoms with Gasteiger partial charge in [0.05, 0.1) is 12.2 Å². The lowest BCUT2D eigenvalue weighted by Crippen LogP contribution is -2.15. The highest BCUT2D eigenvalue weighted by Crippen LogP contribution is 2.26. The second-order valence-corrected chi connectivity index (χ2v) is 6.25. The van der Waals surface area contributed by atoms with Crippen molar-refractivity contribution >= 4 is 11.3 Å². The fourth-order valence-electron chi connectivity index (χ4n) is 2.43. The second kappa shape index (κ2) is 6.47. The number of nitrogens with zero attached hydrogens (tertiary/aromatic N) is 2. The van der Waals surface area contributed by atoms with E-state index in [4.69, 9.17) is 9.26 Å². The Hall–Kier alpha value is -2.25. The standard InChI is InChI=1S/C16H15FN2O3S/c1-10-15(11-3-5-12(17)6-4-11)19(16(20)23-10)8-13-7-14(9-21-2)22-18-13/h3-7H,8-9H2,1-2H3. The van der Waals surface area contributed by atoms with Crippen molar-refractivity contribution in [3.05, 3.63) is 62.1 Å². The third kappa shape index (κ3) is 3.25.